The van der Waals surface area contributed by atoms with Gasteiger partial charge in [0.15, 0.2) is 0 Å². The molecule has 5 heteroatoms. The first-order valence-corrected chi connectivity index (χ1v) is 6.82. The molecular formula is C14H19N3O2. The number of amides is 1. The zero-order chi connectivity index (χ0) is 13.2. The summed E-state index contributed by atoms with van der Waals surface area (Å²) in [6.07, 6.45) is 6.12. The molecule has 1 aromatic heterocycles. The smallest absolute Gasteiger partial charge is 0.256 e. The molecule has 0 saturated carbocycles. The molecule has 0 spiro atoms. The Bertz CT molecular complexity index is 466. The molecule has 19 heavy (non-hydrogen) atoms. The molecule has 2 bridgehead atoms. The van der Waals surface area contributed by atoms with Gasteiger partial charge >= 0.3 is 0 Å². The van der Waals surface area contributed by atoms with Crippen LogP contribution in [0.3, 0.4) is 0 Å². The van der Waals surface area contributed by atoms with Crippen LogP contribution in [0.1, 0.15) is 36.0 Å². The van der Waals surface area contributed by atoms with Gasteiger partial charge in [0.25, 0.3) is 5.91 Å². The van der Waals surface area contributed by atoms with Crippen LogP contribution in [0.5, 0.6) is 5.88 Å². The van der Waals surface area contributed by atoms with Gasteiger partial charge in [-0.3, -0.25) is 4.79 Å². The summed E-state index contributed by atoms with van der Waals surface area (Å²) < 4.78 is 5.13. The second kappa shape index (κ2) is 5.17. The molecule has 0 radical (unpaired) electrons. The average Bonchev–Trinajstić information content (AvgIpc) is 2.78. The van der Waals surface area contributed by atoms with Gasteiger partial charge in [-0.2, -0.15) is 0 Å². The van der Waals surface area contributed by atoms with Crippen molar-refractivity contribution in [1.29, 1.82) is 0 Å². The standard InChI is InChI=1S/C14H19N3O2/c1-19-14-12(3-2-6-15-14)13(18)17-11-7-9-4-5-10(8-11)16-9/h2-3,6,9-11,16H,4-5,7-8H2,1H3,(H,17,18). The molecule has 1 aromatic rings. The fourth-order valence-corrected chi connectivity index (χ4v) is 3.16. The molecule has 5 nitrogen and oxygen atoms in total. The van der Waals surface area contributed by atoms with Gasteiger partial charge < -0.3 is 15.4 Å². The van der Waals surface area contributed by atoms with Crippen molar-refractivity contribution in [3.8, 4) is 5.88 Å². The molecule has 0 aromatic carbocycles. The predicted molar refractivity (Wildman–Crippen MR) is 71.2 cm³/mol. The van der Waals surface area contributed by atoms with Crippen molar-refractivity contribution >= 4 is 5.91 Å². The first-order chi connectivity index (χ1) is 9.26. The molecule has 1 amide bonds. The summed E-state index contributed by atoms with van der Waals surface area (Å²) in [6.45, 7) is 0. The van der Waals surface area contributed by atoms with Crippen LogP contribution in [0, 0.1) is 0 Å². The summed E-state index contributed by atoms with van der Waals surface area (Å²) in [5.74, 6) is 0.299. The van der Waals surface area contributed by atoms with Gasteiger partial charge in [0, 0.05) is 24.3 Å². The van der Waals surface area contributed by atoms with E-state index in [0.29, 0.717) is 23.5 Å². The molecule has 2 saturated heterocycles. The maximum absolute atomic E-state index is 12.3. The van der Waals surface area contributed by atoms with E-state index >= 15 is 0 Å². The third-order valence-corrected chi connectivity index (χ3v) is 4.02. The third kappa shape index (κ3) is 2.56. The topological polar surface area (TPSA) is 63.2 Å². The monoisotopic (exact) mass is 261 g/mol. The largest absolute Gasteiger partial charge is 0.480 e. The molecule has 2 aliphatic rings. The first-order valence-electron chi connectivity index (χ1n) is 6.82. The van der Waals surface area contributed by atoms with E-state index in [0.717, 1.165) is 12.8 Å². The van der Waals surface area contributed by atoms with Crippen LogP contribution in [-0.4, -0.2) is 36.1 Å². The van der Waals surface area contributed by atoms with Crippen LogP contribution in [0.2, 0.25) is 0 Å². The molecule has 2 aliphatic heterocycles. The van der Waals surface area contributed by atoms with E-state index in [-0.39, 0.29) is 11.9 Å². The van der Waals surface area contributed by atoms with Crippen molar-refractivity contribution in [2.45, 2.75) is 43.8 Å². The van der Waals surface area contributed by atoms with Crippen molar-refractivity contribution in [2.24, 2.45) is 0 Å². The SMILES string of the molecule is COc1ncccc1C(=O)NC1CC2CCC(C1)N2. The van der Waals surface area contributed by atoms with E-state index in [2.05, 4.69) is 15.6 Å². The molecule has 3 rings (SSSR count). The van der Waals surface area contributed by atoms with Gasteiger partial charge in [-0.1, -0.05) is 0 Å². The molecular weight excluding hydrogens is 242 g/mol. The highest BCUT2D eigenvalue weighted by atomic mass is 16.5. The Hall–Kier alpha value is -1.62. The van der Waals surface area contributed by atoms with E-state index in [1.807, 2.05) is 0 Å². The van der Waals surface area contributed by atoms with E-state index in [4.69, 9.17) is 4.74 Å². The molecule has 2 N–H and O–H groups in total. The van der Waals surface area contributed by atoms with Crippen molar-refractivity contribution < 1.29 is 9.53 Å². The number of methoxy groups -OCH3 is 1. The molecule has 0 aliphatic carbocycles. The summed E-state index contributed by atoms with van der Waals surface area (Å²) in [5, 5.41) is 6.68. The molecule has 2 unspecified atom stereocenters. The Morgan fingerprint density at radius 3 is 2.84 bits per heavy atom. The lowest BCUT2D eigenvalue weighted by atomic mass is 9.99. The van der Waals surface area contributed by atoms with Crippen molar-refractivity contribution in [2.75, 3.05) is 7.11 Å². The normalized spacial score (nSPS) is 29.0. The maximum Gasteiger partial charge on any atom is 0.256 e. The Balaban J connectivity index is 1.68. The van der Waals surface area contributed by atoms with Crippen LogP contribution in [0.15, 0.2) is 18.3 Å². The highest BCUT2D eigenvalue weighted by molar-refractivity contribution is 5.96. The fraction of sp³-hybridized carbons (Fsp3) is 0.571. The number of hydrogen-bond donors (Lipinski definition) is 2. The van der Waals surface area contributed by atoms with Gasteiger partial charge in [-0.05, 0) is 37.8 Å². The summed E-state index contributed by atoms with van der Waals surface area (Å²) >= 11 is 0. The van der Waals surface area contributed by atoms with E-state index in [9.17, 15) is 4.79 Å². The van der Waals surface area contributed by atoms with Gasteiger partial charge in [0.05, 0.1) is 7.11 Å². The summed E-state index contributed by atoms with van der Waals surface area (Å²) in [5.41, 5.74) is 0.510. The first kappa shape index (κ1) is 12.4. The Kier molecular flexibility index (Phi) is 3.38. The van der Waals surface area contributed by atoms with Crippen molar-refractivity contribution in [1.82, 2.24) is 15.6 Å². The number of carbonyl (C=O) groups excluding carboxylic acids is 1. The van der Waals surface area contributed by atoms with Crippen LogP contribution >= 0.6 is 0 Å². The number of aromatic nitrogens is 1. The lowest BCUT2D eigenvalue weighted by molar-refractivity contribution is 0.0920. The Morgan fingerprint density at radius 2 is 2.16 bits per heavy atom. The molecule has 2 fully saturated rings. The molecule has 3 heterocycles. The van der Waals surface area contributed by atoms with Gasteiger partial charge in [0.1, 0.15) is 5.56 Å². The van der Waals surface area contributed by atoms with E-state index in [1.54, 1.807) is 18.3 Å². The minimum absolute atomic E-state index is 0.0868. The number of nitrogens with zero attached hydrogens (tertiary/aromatic N) is 1. The Labute approximate surface area is 112 Å². The molecule has 102 valence electrons. The zero-order valence-electron chi connectivity index (χ0n) is 11.1. The zero-order valence-corrected chi connectivity index (χ0v) is 11.1. The van der Waals surface area contributed by atoms with Crippen molar-refractivity contribution in [3.05, 3.63) is 23.9 Å². The quantitative estimate of drug-likeness (QED) is 0.855. The summed E-state index contributed by atoms with van der Waals surface area (Å²) in [4.78, 5) is 16.3. The number of rotatable bonds is 3. The minimum atomic E-state index is -0.0868. The maximum atomic E-state index is 12.3. The highest BCUT2D eigenvalue weighted by Crippen LogP contribution is 2.27. The lowest BCUT2D eigenvalue weighted by Gasteiger charge is -2.29. The fourth-order valence-electron chi connectivity index (χ4n) is 3.16. The van der Waals surface area contributed by atoms with Crippen LogP contribution in [0.4, 0.5) is 0 Å². The summed E-state index contributed by atoms with van der Waals surface area (Å²) in [7, 11) is 1.53. The number of carbonyl (C=O) groups is 1. The lowest BCUT2D eigenvalue weighted by Crippen LogP contribution is -2.48. The van der Waals surface area contributed by atoms with Crippen LogP contribution in [-0.2, 0) is 0 Å². The minimum Gasteiger partial charge on any atom is -0.480 e. The van der Waals surface area contributed by atoms with Crippen LogP contribution in [0.25, 0.3) is 0 Å². The summed E-state index contributed by atoms with van der Waals surface area (Å²) in [6, 6.07) is 4.90. The number of ether oxygens (including phenoxy) is 1. The average molecular weight is 261 g/mol. The number of nitrogens with one attached hydrogen (secondary N) is 2. The van der Waals surface area contributed by atoms with Gasteiger partial charge in [0.2, 0.25) is 5.88 Å². The van der Waals surface area contributed by atoms with E-state index < -0.39 is 0 Å². The number of fused-ring (bicyclic) bond motifs is 2. The predicted octanol–water partition coefficient (Wildman–Crippen LogP) is 1.10. The number of piperidine rings is 1. The van der Waals surface area contributed by atoms with Crippen molar-refractivity contribution in [3.63, 3.8) is 0 Å². The highest BCUT2D eigenvalue weighted by Gasteiger charge is 2.34. The number of hydrogen-bond acceptors (Lipinski definition) is 4. The second-order valence-corrected chi connectivity index (χ2v) is 5.34. The Morgan fingerprint density at radius 1 is 1.42 bits per heavy atom. The second-order valence-electron chi connectivity index (χ2n) is 5.34. The van der Waals surface area contributed by atoms with Gasteiger partial charge in [-0.15, -0.1) is 0 Å². The third-order valence-electron chi connectivity index (χ3n) is 4.02. The number of pyridine rings is 1. The van der Waals surface area contributed by atoms with E-state index in [1.165, 1.54) is 20.0 Å². The van der Waals surface area contributed by atoms with Crippen LogP contribution < -0.4 is 15.4 Å². The molecule has 2 atom stereocenters. The van der Waals surface area contributed by atoms with Gasteiger partial charge in [-0.25, -0.2) is 4.98 Å².